The number of piperidine rings is 2. The smallest absolute Gasteiger partial charge is 0.253 e. The number of furan rings is 1. The first-order valence-corrected chi connectivity index (χ1v) is 13.8. The predicted octanol–water partition coefficient (Wildman–Crippen LogP) is 6.51. The Morgan fingerprint density at radius 3 is 2.39 bits per heavy atom. The van der Waals surface area contributed by atoms with E-state index in [0.717, 1.165) is 70.7 Å². The second-order valence-electron chi connectivity index (χ2n) is 10.6. The molecule has 0 radical (unpaired) electrons. The summed E-state index contributed by atoms with van der Waals surface area (Å²) in [5.41, 5.74) is 5.54. The van der Waals surface area contributed by atoms with Gasteiger partial charge >= 0.3 is 0 Å². The molecule has 0 saturated carbocycles. The first-order chi connectivity index (χ1) is 18.7. The fourth-order valence-electron chi connectivity index (χ4n) is 6.15. The van der Waals surface area contributed by atoms with Crippen molar-refractivity contribution in [2.75, 3.05) is 26.2 Å². The van der Waals surface area contributed by atoms with Crippen LogP contribution in [0.2, 0.25) is 0 Å². The fraction of sp³-hybridized carbons (Fsp3) is 0.312. The number of para-hydroxylation sites is 1. The summed E-state index contributed by atoms with van der Waals surface area (Å²) in [5, 5.41) is 1.07. The minimum absolute atomic E-state index is 0.144. The van der Waals surface area contributed by atoms with E-state index in [1.165, 1.54) is 32.4 Å². The van der Waals surface area contributed by atoms with Gasteiger partial charge in [-0.25, -0.2) is 4.98 Å². The lowest BCUT2D eigenvalue weighted by Gasteiger charge is -2.40. The first kappa shape index (κ1) is 23.2. The fourth-order valence-corrected chi connectivity index (χ4v) is 6.15. The number of pyridine rings is 1. The Hall–Kier alpha value is -3.90. The number of carbonyl (C=O) groups excluding carboxylic acids is 1. The van der Waals surface area contributed by atoms with E-state index in [4.69, 9.17) is 4.42 Å². The number of rotatable bonds is 4. The second-order valence-corrected chi connectivity index (χ2v) is 10.6. The number of nitrogens with zero attached hydrogens (tertiary/aromatic N) is 4. The topological polar surface area (TPSA) is 54.0 Å². The van der Waals surface area contributed by atoms with Gasteiger partial charge in [0.25, 0.3) is 5.91 Å². The average Bonchev–Trinajstić information content (AvgIpc) is 3.61. The molecule has 7 rings (SSSR count). The van der Waals surface area contributed by atoms with Crippen molar-refractivity contribution in [1.82, 2.24) is 19.2 Å². The molecule has 0 unspecified atom stereocenters. The van der Waals surface area contributed by atoms with E-state index >= 15 is 0 Å². The van der Waals surface area contributed by atoms with Gasteiger partial charge in [0.2, 0.25) is 0 Å². The van der Waals surface area contributed by atoms with Crippen LogP contribution in [0.25, 0.3) is 39.2 Å². The molecule has 0 atom stereocenters. The van der Waals surface area contributed by atoms with Gasteiger partial charge in [-0.15, -0.1) is 0 Å². The van der Waals surface area contributed by atoms with Crippen LogP contribution in [0.1, 0.15) is 42.5 Å². The van der Waals surface area contributed by atoms with Crippen molar-refractivity contribution in [3.8, 4) is 22.6 Å². The highest BCUT2D eigenvalue weighted by molar-refractivity contribution is 5.94. The van der Waals surface area contributed by atoms with E-state index < -0.39 is 0 Å². The van der Waals surface area contributed by atoms with Crippen LogP contribution in [0.15, 0.2) is 83.5 Å². The van der Waals surface area contributed by atoms with Crippen molar-refractivity contribution in [1.29, 1.82) is 0 Å². The number of fused-ring (bicyclic) bond motifs is 2. The van der Waals surface area contributed by atoms with Crippen molar-refractivity contribution in [3.63, 3.8) is 0 Å². The zero-order chi connectivity index (χ0) is 25.5. The maximum Gasteiger partial charge on any atom is 0.253 e. The number of amides is 1. The highest BCUT2D eigenvalue weighted by atomic mass is 16.3. The Labute approximate surface area is 222 Å². The third-order valence-corrected chi connectivity index (χ3v) is 8.31. The molecule has 38 heavy (non-hydrogen) atoms. The van der Waals surface area contributed by atoms with E-state index in [0.29, 0.717) is 6.04 Å². The Bertz CT molecular complexity index is 1550. The second kappa shape index (κ2) is 9.76. The van der Waals surface area contributed by atoms with E-state index in [2.05, 4.69) is 38.7 Å². The van der Waals surface area contributed by atoms with Crippen molar-refractivity contribution < 1.29 is 9.21 Å². The molecule has 2 fully saturated rings. The van der Waals surface area contributed by atoms with Crippen molar-refractivity contribution >= 4 is 22.5 Å². The first-order valence-electron chi connectivity index (χ1n) is 13.8. The highest BCUT2D eigenvalue weighted by Crippen LogP contribution is 2.30. The van der Waals surface area contributed by atoms with Gasteiger partial charge < -0.3 is 14.2 Å². The maximum absolute atomic E-state index is 13.2. The van der Waals surface area contributed by atoms with Crippen LogP contribution in [0.4, 0.5) is 0 Å². The molecule has 2 saturated heterocycles. The standard InChI is InChI=1S/C32H32N4O2/c37-32(35-18-14-27(15-19-35)34-16-4-1-5-17-34)24-10-8-23(9-11-24)26-12-13-31-33-21-28(36(31)22-26)30-20-25-6-2-3-7-29(25)38-30/h2-3,6-13,20-22,27H,1,4-5,14-19H2. The van der Waals surface area contributed by atoms with Crippen LogP contribution in [0.5, 0.6) is 0 Å². The largest absolute Gasteiger partial charge is 0.454 e. The predicted molar refractivity (Wildman–Crippen MR) is 150 cm³/mol. The molecule has 0 spiro atoms. The number of imidazole rings is 1. The summed E-state index contributed by atoms with van der Waals surface area (Å²) in [6.07, 6.45) is 10.1. The van der Waals surface area contributed by atoms with Gasteiger partial charge in [-0.1, -0.05) is 36.8 Å². The van der Waals surface area contributed by atoms with Gasteiger partial charge in [-0.05, 0) is 86.3 Å². The molecule has 6 heteroatoms. The molecule has 0 bridgehead atoms. The Morgan fingerprint density at radius 1 is 0.842 bits per heavy atom. The Balaban J connectivity index is 1.08. The lowest BCUT2D eigenvalue weighted by Crippen LogP contribution is -2.48. The SMILES string of the molecule is O=C(c1ccc(-c2ccc3ncc(-c4cc5ccccc5o4)n3c2)cc1)N1CCC(N2CCCCC2)CC1. The summed E-state index contributed by atoms with van der Waals surface area (Å²) in [5.74, 6) is 0.937. The summed E-state index contributed by atoms with van der Waals surface area (Å²) in [6.45, 7) is 4.16. The van der Waals surface area contributed by atoms with E-state index in [9.17, 15) is 4.79 Å². The quantitative estimate of drug-likeness (QED) is 0.280. The van der Waals surface area contributed by atoms with Gasteiger partial charge in [0.05, 0.1) is 6.20 Å². The van der Waals surface area contributed by atoms with E-state index in [-0.39, 0.29) is 5.91 Å². The number of likely N-dealkylation sites (tertiary alicyclic amines) is 2. The summed E-state index contributed by atoms with van der Waals surface area (Å²) < 4.78 is 8.17. The third kappa shape index (κ3) is 4.29. The van der Waals surface area contributed by atoms with Crippen LogP contribution < -0.4 is 0 Å². The normalized spacial score (nSPS) is 17.4. The van der Waals surface area contributed by atoms with Crippen LogP contribution in [0, 0.1) is 0 Å². The number of hydrogen-bond acceptors (Lipinski definition) is 4. The molecule has 3 aromatic heterocycles. The molecule has 2 aliphatic rings. The molecule has 6 nitrogen and oxygen atoms in total. The van der Waals surface area contributed by atoms with Crippen molar-refractivity contribution in [3.05, 3.63) is 84.7 Å². The summed E-state index contributed by atoms with van der Waals surface area (Å²) in [4.78, 5) is 22.5. The van der Waals surface area contributed by atoms with Crippen LogP contribution in [0.3, 0.4) is 0 Å². The van der Waals surface area contributed by atoms with Gasteiger partial charge in [-0.3, -0.25) is 9.20 Å². The van der Waals surface area contributed by atoms with Gasteiger partial charge in [0.15, 0.2) is 5.76 Å². The monoisotopic (exact) mass is 504 g/mol. The number of aromatic nitrogens is 2. The van der Waals surface area contributed by atoms with E-state index in [1.54, 1.807) is 0 Å². The molecule has 2 aromatic carbocycles. The summed E-state index contributed by atoms with van der Waals surface area (Å²) in [7, 11) is 0. The highest BCUT2D eigenvalue weighted by Gasteiger charge is 2.28. The van der Waals surface area contributed by atoms with Gasteiger partial charge in [0.1, 0.15) is 16.9 Å². The molecule has 0 N–H and O–H groups in total. The zero-order valence-corrected chi connectivity index (χ0v) is 21.6. The molecule has 1 amide bonds. The lowest BCUT2D eigenvalue weighted by atomic mass is 9.99. The molecule has 2 aliphatic heterocycles. The van der Waals surface area contributed by atoms with Crippen LogP contribution >= 0.6 is 0 Å². The summed E-state index contributed by atoms with van der Waals surface area (Å²) in [6, 6.07) is 22.8. The molecule has 5 heterocycles. The van der Waals surface area contributed by atoms with Gasteiger partial charge in [-0.2, -0.15) is 0 Å². The maximum atomic E-state index is 13.2. The van der Waals surface area contributed by atoms with Crippen LogP contribution in [-0.4, -0.2) is 57.3 Å². The van der Waals surface area contributed by atoms with Crippen LogP contribution in [-0.2, 0) is 0 Å². The minimum atomic E-state index is 0.144. The minimum Gasteiger partial charge on any atom is -0.454 e. The summed E-state index contributed by atoms with van der Waals surface area (Å²) >= 11 is 0. The number of carbonyl (C=O) groups is 1. The molecule has 5 aromatic rings. The molecule has 192 valence electrons. The zero-order valence-electron chi connectivity index (χ0n) is 21.6. The average molecular weight is 505 g/mol. The Morgan fingerprint density at radius 2 is 1.61 bits per heavy atom. The number of hydrogen-bond donors (Lipinski definition) is 0. The third-order valence-electron chi connectivity index (χ3n) is 8.31. The molecule has 0 aliphatic carbocycles. The number of benzene rings is 2. The molecular weight excluding hydrogens is 472 g/mol. The Kier molecular flexibility index (Phi) is 5.97. The molecular formula is C32H32N4O2. The van der Waals surface area contributed by atoms with Crippen molar-refractivity contribution in [2.24, 2.45) is 0 Å². The lowest BCUT2D eigenvalue weighted by molar-refractivity contribution is 0.0590. The van der Waals surface area contributed by atoms with Crippen molar-refractivity contribution in [2.45, 2.75) is 38.1 Å². The van der Waals surface area contributed by atoms with Gasteiger partial charge in [0, 0.05) is 36.3 Å². The van der Waals surface area contributed by atoms with E-state index in [1.807, 2.05) is 59.6 Å².